The molecule has 146 valence electrons. The summed E-state index contributed by atoms with van der Waals surface area (Å²) in [6.45, 7) is 4.79. The van der Waals surface area contributed by atoms with Crippen LogP contribution in [0.5, 0.6) is 0 Å². The van der Waals surface area contributed by atoms with Crippen LogP contribution in [-0.2, 0) is 4.79 Å². The molecule has 3 N–H and O–H groups in total. The van der Waals surface area contributed by atoms with E-state index in [0.717, 1.165) is 15.9 Å². The third-order valence-corrected chi connectivity index (χ3v) is 5.48. The number of carbonyl (C=O) groups is 1. The number of rotatable bonds is 7. The molecule has 27 heavy (non-hydrogen) atoms. The Bertz CT molecular complexity index is 837. The molecule has 2 rings (SSSR count). The Morgan fingerprint density at radius 3 is 2.41 bits per heavy atom. The van der Waals surface area contributed by atoms with Gasteiger partial charge in [-0.3, -0.25) is 19.6 Å². The number of aliphatic hydroxyl groups excluding tert-OH is 2. The molecule has 1 aromatic heterocycles. The van der Waals surface area contributed by atoms with Gasteiger partial charge in [0.25, 0.3) is 5.69 Å². The van der Waals surface area contributed by atoms with Gasteiger partial charge in [-0.2, -0.15) is 5.10 Å². The molecule has 0 aliphatic rings. The van der Waals surface area contributed by atoms with Crippen molar-refractivity contribution in [2.45, 2.75) is 39.0 Å². The standard InChI is InChI=1S/C17H21BrN4O5/c1-9-15(18)10(2)21(20-9)11(3)17(25)19-14(8-23)16(24)12-4-6-13(7-5-12)22(26)27/h4-7,11,14,16,23-24H,8H2,1-3H3,(H,19,25). The average molecular weight is 441 g/mol. The quantitative estimate of drug-likeness (QED) is 0.445. The molecule has 9 nitrogen and oxygen atoms in total. The number of carbonyl (C=O) groups excluding carboxylic acids is 1. The maximum Gasteiger partial charge on any atom is 0.269 e. The first kappa shape index (κ1) is 21.0. The van der Waals surface area contributed by atoms with Gasteiger partial charge in [-0.15, -0.1) is 0 Å². The molecule has 0 fully saturated rings. The number of benzene rings is 1. The maximum atomic E-state index is 12.6. The summed E-state index contributed by atoms with van der Waals surface area (Å²) in [5, 5.41) is 37.7. The highest BCUT2D eigenvalue weighted by atomic mass is 79.9. The zero-order valence-electron chi connectivity index (χ0n) is 15.1. The number of halogens is 1. The van der Waals surface area contributed by atoms with E-state index >= 15 is 0 Å². The fourth-order valence-electron chi connectivity index (χ4n) is 2.68. The van der Waals surface area contributed by atoms with E-state index in [1.807, 2.05) is 13.8 Å². The molecule has 10 heteroatoms. The number of nitrogens with one attached hydrogen (secondary N) is 1. The van der Waals surface area contributed by atoms with Crippen molar-refractivity contribution in [2.24, 2.45) is 0 Å². The molecule has 3 unspecified atom stereocenters. The van der Waals surface area contributed by atoms with Crippen LogP contribution in [0.15, 0.2) is 28.7 Å². The smallest absolute Gasteiger partial charge is 0.269 e. The molecule has 0 aliphatic heterocycles. The summed E-state index contributed by atoms with van der Waals surface area (Å²) in [6.07, 6.45) is -1.22. The average Bonchev–Trinajstić information content (AvgIpc) is 2.92. The molecule has 0 saturated carbocycles. The lowest BCUT2D eigenvalue weighted by molar-refractivity contribution is -0.384. The molecule has 0 radical (unpaired) electrons. The van der Waals surface area contributed by atoms with Crippen LogP contribution >= 0.6 is 15.9 Å². The number of non-ortho nitro benzene ring substituents is 1. The molecule has 0 bridgehead atoms. The van der Waals surface area contributed by atoms with Gasteiger partial charge in [0.05, 0.1) is 33.4 Å². The molecular formula is C17H21BrN4O5. The van der Waals surface area contributed by atoms with Gasteiger partial charge in [0, 0.05) is 12.1 Å². The topological polar surface area (TPSA) is 131 Å². The Kier molecular flexibility index (Phi) is 6.68. The van der Waals surface area contributed by atoms with Crippen LogP contribution in [0, 0.1) is 24.0 Å². The normalized spacial score (nSPS) is 14.4. The van der Waals surface area contributed by atoms with Crippen LogP contribution in [0.3, 0.4) is 0 Å². The second-order valence-corrected chi connectivity index (χ2v) is 6.99. The monoisotopic (exact) mass is 440 g/mol. The molecule has 0 aliphatic carbocycles. The van der Waals surface area contributed by atoms with Crippen LogP contribution in [0.4, 0.5) is 5.69 Å². The maximum absolute atomic E-state index is 12.6. The summed E-state index contributed by atoms with van der Waals surface area (Å²) in [7, 11) is 0. The van der Waals surface area contributed by atoms with Gasteiger partial charge in [-0.1, -0.05) is 0 Å². The van der Waals surface area contributed by atoms with Gasteiger partial charge in [-0.05, 0) is 54.4 Å². The summed E-state index contributed by atoms with van der Waals surface area (Å²) in [5.74, 6) is -0.423. The van der Waals surface area contributed by atoms with Gasteiger partial charge in [-0.25, -0.2) is 0 Å². The predicted molar refractivity (Wildman–Crippen MR) is 101 cm³/mol. The molecule has 1 aromatic carbocycles. The van der Waals surface area contributed by atoms with Crippen molar-refractivity contribution < 1.29 is 19.9 Å². The van der Waals surface area contributed by atoms with E-state index < -0.39 is 35.6 Å². The third kappa shape index (κ3) is 4.52. The summed E-state index contributed by atoms with van der Waals surface area (Å²) >= 11 is 3.41. The Balaban J connectivity index is 2.13. The van der Waals surface area contributed by atoms with E-state index in [-0.39, 0.29) is 5.69 Å². The fraction of sp³-hybridized carbons (Fsp3) is 0.412. The first-order valence-electron chi connectivity index (χ1n) is 8.22. The largest absolute Gasteiger partial charge is 0.394 e. The second kappa shape index (κ2) is 8.59. The summed E-state index contributed by atoms with van der Waals surface area (Å²) in [4.78, 5) is 22.7. The molecule has 1 amide bonds. The first-order chi connectivity index (χ1) is 12.7. The van der Waals surface area contributed by atoms with Crippen molar-refractivity contribution in [3.63, 3.8) is 0 Å². The zero-order valence-corrected chi connectivity index (χ0v) is 16.7. The summed E-state index contributed by atoms with van der Waals surface area (Å²) in [6, 6.07) is 3.66. The zero-order chi connectivity index (χ0) is 20.3. The van der Waals surface area contributed by atoms with Crippen molar-refractivity contribution in [1.82, 2.24) is 15.1 Å². The third-order valence-electron chi connectivity index (χ3n) is 4.33. The van der Waals surface area contributed by atoms with E-state index in [0.29, 0.717) is 5.56 Å². The molecular weight excluding hydrogens is 420 g/mol. The number of hydrogen-bond acceptors (Lipinski definition) is 6. The lowest BCUT2D eigenvalue weighted by atomic mass is 10.0. The van der Waals surface area contributed by atoms with Crippen molar-refractivity contribution in [3.05, 3.63) is 55.8 Å². The number of nitro groups is 1. The number of nitrogens with zero attached hydrogens (tertiary/aromatic N) is 3. The van der Waals surface area contributed by atoms with Crippen molar-refractivity contribution >= 4 is 27.5 Å². The highest BCUT2D eigenvalue weighted by Gasteiger charge is 2.27. The number of aromatic nitrogens is 2. The molecule has 1 heterocycles. The van der Waals surface area contributed by atoms with Crippen LogP contribution in [0.2, 0.25) is 0 Å². The second-order valence-electron chi connectivity index (χ2n) is 6.20. The molecule has 0 saturated heterocycles. The van der Waals surface area contributed by atoms with Crippen LogP contribution < -0.4 is 5.32 Å². The van der Waals surface area contributed by atoms with E-state index in [1.54, 1.807) is 11.6 Å². The van der Waals surface area contributed by atoms with Crippen molar-refractivity contribution in [3.8, 4) is 0 Å². The lowest BCUT2D eigenvalue weighted by Crippen LogP contribution is -2.44. The predicted octanol–water partition coefficient (Wildman–Crippen LogP) is 1.94. The number of amides is 1. The van der Waals surface area contributed by atoms with Crippen molar-refractivity contribution in [2.75, 3.05) is 6.61 Å². The highest BCUT2D eigenvalue weighted by molar-refractivity contribution is 9.10. The van der Waals surface area contributed by atoms with Crippen LogP contribution in [0.25, 0.3) is 0 Å². The minimum atomic E-state index is -1.22. The van der Waals surface area contributed by atoms with E-state index in [1.165, 1.54) is 24.3 Å². The Morgan fingerprint density at radius 2 is 1.96 bits per heavy atom. The van der Waals surface area contributed by atoms with Crippen LogP contribution in [-0.4, -0.2) is 43.5 Å². The van der Waals surface area contributed by atoms with Gasteiger partial charge in [0.2, 0.25) is 5.91 Å². The van der Waals surface area contributed by atoms with Gasteiger partial charge in [0.15, 0.2) is 0 Å². The van der Waals surface area contributed by atoms with Crippen LogP contribution in [0.1, 0.15) is 36.0 Å². The molecule has 0 spiro atoms. The summed E-state index contributed by atoms with van der Waals surface area (Å²) in [5.41, 5.74) is 1.77. The number of nitro benzene ring substituents is 1. The van der Waals surface area contributed by atoms with Gasteiger partial charge >= 0.3 is 0 Å². The minimum absolute atomic E-state index is 0.112. The molecule has 2 aromatic rings. The fourth-order valence-corrected chi connectivity index (χ4v) is 2.95. The number of hydrogen-bond donors (Lipinski definition) is 3. The van der Waals surface area contributed by atoms with E-state index in [9.17, 15) is 25.1 Å². The van der Waals surface area contributed by atoms with Gasteiger partial charge < -0.3 is 15.5 Å². The van der Waals surface area contributed by atoms with Gasteiger partial charge in [0.1, 0.15) is 12.1 Å². The molecule has 3 atom stereocenters. The Labute approximate surface area is 164 Å². The SMILES string of the molecule is Cc1nn(C(C)C(=O)NC(CO)C(O)c2ccc([N+](=O)[O-])cc2)c(C)c1Br. The van der Waals surface area contributed by atoms with E-state index in [2.05, 4.69) is 26.3 Å². The Hall–Kier alpha value is -2.30. The number of aliphatic hydroxyl groups is 2. The minimum Gasteiger partial charge on any atom is -0.394 e. The van der Waals surface area contributed by atoms with Crippen molar-refractivity contribution in [1.29, 1.82) is 0 Å². The first-order valence-corrected chi connectivity index (χ1v) is 9.01. The summed E-state index contributed by atoms with van der Waals surface area (Å²) < 4.78 is 2.37. The Morgan fingerprint density at radius 1 is 1.37 bits per heavy atom. The number of aryl methyl sites for hydroxylation is 1. The van der Waals surface area contributed by atoms with E-state index in [4.69, 9.17) is 0 Å². The lowest BCUT2D eigenvalue weighted by Gasteiger charge is -2.24. The highest BCUT2D eigenvalue weighted by Crippen LogP contribution is 2.24.